The van der Waals surface area contributed by atoms with Gasteiger partial charge in [0.15, 0.2) is 0 Å². The molecule has 1 N–H and O–H groups in total. The normalized spacial score (nSPS) is 31.8. The smallest absolute Gasteiger partial charge is 0.345 e. The molecule has 1 rings (SSSR count). The summed E-state index contributed by atoms with van der Waals surface area (Å²) in [4.78, 5) is 0. The summed E-state index contributed by atoms with van der Waals surface area (Å²) in [6.07, 6.45) is 0.459. The zero-order valence-corrected chi connectivity index (χ0v) is 11.6. The van der Waals surface area contributed by atoms with Gasteiger partial charge in [0.1, 0.15) is 6.23 Å². The Bertz CT molecular complexity index is 257. The minimum absolute atomic E-state index is 0.221. The minimum Gasteiger partial charge on any atom is -0.366 e. The fraction of sp³-hybridized carbons (Fsp3) is 1.00. The second-order valence-corrected chi connectivity index (χ2v) is 6.17. The van der Waals surface area contributed by atoms with Gasteiger partial charge in [0.05, 0.1) is 6.61 Å². The number of nitrogens with zero attached hydrogens (tertiary/aromatic N) is 1. The molecule has 0 radical (unpaired) electrons. The van der Waals surface area contributed by atoms with Crippen LogP contribution in [0.15, 0.2) is 0 Å². The van der Waals surface area contributed by atoms with Crippen LogP contribution in [0.25, 0.3) is 0 Å². The van der Waals surface area contributed by atoms with Crippen LogP contribution < -0.4 is 5.09 Å². The SMILES string of the molecule is COC1CCOP(=O)(NCCCl)N1CCCl. The molecule has 1 aliphatic heterocycles. The molecule has 0 aromatic heterocycles. The Labute approximate surface area is 106 Å². The maximum Gasteiger partial charge on any atom is 0.345 e. The van der Waals surface area contributed by atoms with Gasteiger partial charge in [-0.15, -0.1) is 23.2 Å². The van der Waals surface area contributed by atoms with Crippen molar-refractivity contribution in [2.75, 3.05) is 38.6 Å². The quantitative estimate of drug-likeness (QED) is 0.598. The van der Waals surface area contributed by atoms with Crippen molar-refractivity contribution in [2.24, 2.45) is 0 Å². The molecule has 1 aliphatic rings. The van der Waals surface area contributed by atoms with E-state index in [1.54, 1.807) is 11.8 Å². The fourth-order valence-corrected chi connectivity index (χ4v) is 4.20. The van der Waals surface area contributed by atoms with Crippen molar-refractivity contribution >= 4 is 30.9 Å². The number of ether oxygens (including phenoxy) is 1. The summed E-state index contributed by atoms with van der Waals surface area (Å²) >= 11 is 11.3. The maximum atomic E-state index is 12.5. The summed E-state index contributed by atoms with van der Waals surface area (Å²) in [5.74, 6) is 0.746. The van der Waals surface area contributed by atoms with Gasteiger partial charge in [0.2, 0.25) is 0 Å². The van der Waals surface area contributed by atoms with Crippen LogP contribution in [0.4, 0.5) is 0 Å². The average molecular weight is 291 g/mol. The molecular formula is C8H17Cl2N2O3P. The van der Waals surface area contributed by atoms with Gasteiger partial charge in [0.25, 0.3) is 0 Å². The Morgan fingerprint density at radius 3 is 2.88 bits per heavy atom. The standard InChI is InChI=1S/C8H17Cl2N2O3P/c1-14-8-2-7-15-16(13,11-5-3-9)12(8)6-4-10/h8H,2-7H2,1H3,(H,11,13). The average Bonchev–Trinajstić information content (AvgIpc) is 2.30. The Kier molecular flexibility index (Phi) is 6.59. The lowest BCUT2D eigenvalue weighted by molar-refractivity contribution is -0.0268. The number of methoxy groups -OCH3 is 1. The van der Waals surface area contributed by atoms with E-state index in [1.165, 1.54) is 0 Å². The predicted octanol–water partition coefficient (Wildman–Crippen LogP) is 1.86. The van der Waals surface area contributed by atoms with Crippen LogP contribution in [0.2, 0.25) is 0 Å². The number of rotatable bonds is 6. The number of hydrogen-bond acceptors (Lipinski definition) is 3. The molecule has 96 valence electrons. The summed E-state index contributed by atoms with van der Waals surface area (Å²) in [7, 11) is -1.45. The monoisotopic (exact) mass is 290 g/mol. The van der Waals surface area contributed by atoms with Crippen molar-refractivity contribution in [1.29, 1.82) is 0 Å². The van der Waals surface area contributed by atoms with Crippen LogP contribution in [-0.4, -0.2) is 49.5 Å². The molecule has 0 aromatic carbocycles. The summed E-state index contributed by atoms with van der Waals surface area (Å²) in [6, 6.07) is 0. The van der Waals surface area contributed by atoms with Crippen LogP contribution in [0, 0.1) is 0 Å². The Balaban J connectivity index is 2.73. The van der Waals surface area contributed by atoms with Crippen molar-refractivity contribution in [3.05, 3.63) is 0 Å². The molecule has 0 bridgehead atoms. The lowest BCUT2D eigenvalue weighted by Gasteiger charge is -2.39. The highest BCUT2D eigenvalue weighted by molar-refractivity contribution is 7.54. The van der Waals surface area contributed by atoms with Gasteiger partial charge in [-0.25, -0.2) is 5.09 Å². The first-order valence-electron chi connectivity index (χ1n) is 5.09. The minimum atomic E-state index is -3.04. The first-order chi connectivity index (χ1) is 7.68. The van der Waals surface area contributed by atoms with Gasteiger partial charge in [-0.3, -0.25) is 4.57 Å². The lowest BCUT2D eigenvalue weighted by Crippen LogP contribution is -2.44. The number of hydrogen-bond donors (Lipinski definition) is 1. The molecule has 1 heterocycles. The number of alkyl halides is 2. The van der Waals surface area contributed by atoms with E-state index in [4.69, 9.17) is 32.5 Å². The van der Waals surface area contributed by atoms with E-state index < -0.39 is 7.67 Å². The summed E-state index contributed by atoms with van der Waals surface area (Å²) in [5, 5.41) is 2.84. The third-order valence-corrected chi connectivity index (χ3v) is 4.94. The highest BCUT2D eigenvalue weighted by Gasteiger charge is 2.40. The zero-order valence-electron chi connectivity index (χ0n) is 9.20. The van der Waals surface area contributed by atoms with Crippen molar-refractivity contribution < 1.29 is 13.8 Å². The van der Waals surface area contributed by atoms with Gasteiger partial charge in [-0.1, -0.05) is 0 Å². The zero-order chi connectivity index (χ0) is 12.0. The third-order valence-electron chi connectivity index (χ3n) is 2.29. The fourth-order valence-electron chi connectivity index (χ4n) is 1.59. The van der Waals surface area contributed by atoms with E-state index in [0.717, 1.165) is 0 Å². The van der Waals surface area contributed by atoms with Gasteiger partial charge >= 0.3 is 7.67 Å². The third kappa shape index (κ3) is 3.57. The second-order valence-electron chi connectivity index (χ2n) is 3.28. The molecule has 16 heavy (non-hydrogen) atoms. The molecule has 0 aromatic rings. The Morgan fingerprint density at radius 1 is 1.56 bits per heavy atom. The van der Waals surface area contributed by atoms with Gasteiger partial charge in [-0.05, 0) is 0 Å². The first kappa shape index (κ1) is 14.7. The summed E-state index contributed by atoms with van der Waals surface area (Å²) < 4.78 is 24.7. The van der Waals surface area contributed by atoms with E-state index in [9.17, 15) is 4.57 Å². The molecule has 1 fully saturated rings. The molecule has 2 unspecified atom stereocenters. The largest absolute Gasteiger partial charge is 0.366 e. The van der Waals surface area contributed by atoms with Crippen molar-refractivity contribution in [3.63, 3.8) is 0 Å². The molecule has 5 nitrogen and oxygen atoms in total. The highest BCUT2D eigenvalue weighted by atomic mass is 35.5. The van der Waals surface area contributed by atoms with Crippen molar-refractivity contribution in [3.8, 4) is 0 Å². The molecular weight excluding hydrogens is 274 g/mol. The molecule has 0 spiro atoms. The second kappa shape index (κ2) is 7.17. The van der Waals surface area contributed by atoms with Crippen LogP contribution in [-0.2, 0) is 13.8 Å². The van der Waals surface area contributed by atoms with Gasteiger partial charge in [-0.2, -0.15) is 4.67 Å². The van der Waals surface area contributed by atoms with E-state index >= 15 is 0 Å². The van der Waals surface area contributed by atoms with Crippen LogP contribution in [0.5, 0.6) is 0 Å². The number of halogens is 2. The van der Waals surface area contributed by atoms with Crippen molar-refractivity contribution in [2.45, 2.75) is 12.6 Å². The molecule has 0 saturated carbocycles. The Hall–Kier alpha value is 0.650. The van der Waals surface area contributed by atoms with Crippen LogP contribution in [0.3, 0.4) is 0 Å². The maximum absolute atomic E-state index is 12.5. The first-order valence-corrected chi connectivity index (χ1v) is 7.74. The van der Waals surface area contributed by atoms with Crippen LogP contribution in [0.1, 0.15) is 6.42 Å². The van der Waals surface area contributed by atoms with E-state index in [0.29, 0.717) is 37.9 Å². The van der Waals surface area contributed by atoms with Gasteiger partial charge < -0.3 is 9.26 Å². The van der Waals surface area contributed by atoms with E-state index in [1.807, 2.05) is 0 Å². The molecule has 8 heteroatoms. The van der Waals surface area contributed by atoms with E-state index in [-0.39, 0.29) is 6.23 Å². The number of nitrogens with one attached hydrogen (secondary N) is 1. The van der Waals surface area contributed by atoms with Crippen LogP contribution >= 0.6 is 30.9 Å². The molecule has 0 aliphatic carbocycles. The summed E-state index contributed by atoms with van der Waals surface area (Å²) in [6.45, 7) is 1.28. The molecule has 0 amide bonds. The highest BCUT2D eigenvalue weighted by Crippen LogP contribution is 2.51. The van der Waals surface area contributed by atoms with Crippen molar-refractivity contribution in [1.82, 2.24) is 9.76 Å². The summed E-state index contributed by atoms with van der Waals surface area (Å²) in [5.41, 5.74) is 0. The molecule has 2 atom stereocenters. The topological polar surface area (TPSA) is 50.8 Å². The predicted molar refractivity (Wildman–Crippen MR) is 65.1 cm³/mol. The van der Waals surface area contributed by atoms with Gasteiger partial charge in [0, 0.05) is 38.4 Å². The Morgan fingerprint density at radius 2 is 2.31 bits per heavy atom. The van der Waals surface area contributed by atoms with E-state index in [2.05, 4.69) is 5.09 Å². The molecule has 1 saturated heterocycles. The lowest BCUT2D eigenvalue weighted by atomic mass is 10.4.